The standard InChI is InChI=1S/C14H24N2/c1-4-5-6-7-8-14(15-3)13-9-12(2)10-16-11-13/h9-11,14-15H,4-8H2,1-3H3. The van der Waals surface area contributed by atoms with Crippen LogP contribution in [0.2, 0.25) is 0 Å². The largest absolute Gasteiger partial charge is 0.313 e. The minimum atomic E-state index is 0.462. The summed E-state index contributed by atoms with van der Waals surface area (Å²) in [6, 6.07) is 2.69. The predicted octanol–water partition coefficient (Wildman–Crippen LogP) is 3.62. The molecule has 0 bridgehead atoms. The molecule has 0 fully saturated rings. The number of rotatable bonds is 7. The molecule has 0 saturated heterocycles. The van der Waals surface area contributed by atoms with Crippen molar-refractivity contribution in [3.05, 3.63) is 29.6 Å². The molecule has 1 rings (SSSR count). The summed E-state index contributed by atoms with van der Waals surface area (Å²) in [5.74, 6) is 0. The zero-order valence-electron chi connectivity index (χ0n) is 10.8. The molecule has 2 heteroatoms. The zero-order chi connectivity index (χ0) is 11.8. The van der Waals surface area contributed by atoms with Crippen molar-refractivity contribution in [3.8, 4) is 0 Å². The average molecular weight is 220 g/mol. The zero-order valence-corrected chi connectivity index (χ0v) is 10.8. The minimum absolute atomic E-state index is 0.462. The molecule has 1 heterocycles. The summed E-state index contributed by atoms with van der Waals surface area (Å²) in [7, 11) is 2.03. The van der Waals surface area contributed by atoms with E-state index < -0.39 is 0 Å². The average Bonchev–Trinajstić information content (AvgIpc) is 2.29. The molecule has 90 valence electrons. The molecule has 0 aliphatic heterocycles. The van der Waals surface area contributed by atoms with Gasteiger partial charge in [0.05, 0.1) is 0 Å². The number of aryl methyl sites for hydroxylation is 1. The lowest BCUT2D eigenvalue weighted by atomic mass is 10.0. The van der Waals surface area contributed by atoms with Crippen LogP contribution in [0.15, 0.2) is 18.5 Å². The van der Waals surface area contributed by atoms with E-state index in [4.69, 9.17) is 0 Å². The van der Waals surface area contributed by atoms with Crippen molar-refractivity contribution in [3.63, 3.8) is 0 Å². The van der Waals surface area contributed by atoms with Crippen molar-refractivity contribution >= 4 is 0 Å². The van der Waals surface area contributed by atoms with Gasteiger partial charge in [0.15, 0.2) is 0 Å². The number of pyridine rings is 1. The maximum Gasteiger partial charge on any atom is 0.0332 e. The first kappa shape index (κ1) is 13.2. The monoisotopic (exact) mass is 220 g/mol. The Morgan fingerprint density at radius 1 is 1.25 bits per heavy atom. The summed E-state index contributed by atoms with van der Waals surface area (Å²) in [5.41, 5.74) is 2.56. The molecule has 0 aromatic carbocycles. The maximum atomic E-state index is 4.26. The number of nitrogens with zero attached hydrogens (tertiary/aromatic N) is 1. The van der Waals surface area contributed by atoms with E-state index in [0.717, 1.165) is 0 Å². The molecule has 1 N–H and O–H groups in total. The highest BCUT2D eigenvalue weighted by Gasteiger charge is 2.08. The van der Waals surface area contributed by atoms with Gasteiger partial charge >= 0.3 is 0 Å². The van der Waals surface area contributed by atoms with Crippen molar-refractivity contribution < 1.29 is 0 Å². The predicted molar refractivity (Wildman–Crippen MR) is 69.5 cm³/mol. The topological polar surface area (TPSA) is 24.9 Å². The molecule has 0 aliphatic rings. The second-order valence-electron chi connectivity index (χ2n) is 4.49. The smallest absolute Gasteiger partial charge is 0.0332 e. The van der Waals surface area contributed by atoms with Crippen molar-refractivity contribution in [2.45, 2.75) is 52.0 Å². The maximum absolute atomic E-state index is 4.26. The van der Waals surface area contributed by atoms with Crippen LogP contribution in [0.3, 0.4) is 0 Å². The number of hydrogen-bond acceptors (Lipinski definition) is 2. The van der Waals surface area contributed by atoms with E-state index >= 15 is 0 Å². The molecule has 0 saturated carbocycles. The Morgan fingerprint density at radius 2 is 2.06 bits per heavy atom. The normalized spacial score (nSPS) is 12.7. The summed E-state index contributed by atoms with van der Waals surface area (Å²) in [5, 5.41) is 3.38. The van der Waals surface area contributed by atoms with Gasteiger partial charge in [-0.15, -0.1) is 0 Å². The van der Waals surface area contributed by atoms with Crippen LogP contribution in [0.5, 0.6) is 0 Å². The van der Waals surface area contributed by atoms with E-state index in [0.29, 0.717) is 6.04 Å². The first-order chi connectivity index (χ1) is 7.77. The highest BCUT2D eigenvalue weighted by Crippen LogP contribution is 2.19. The Kier molecular flexibility index (Phi) is 6.09. The summed E-state index contributed by atoms with van der Waals surface area (Å²) < 4.78 is 0. The molecule has 1 unspecified atom stereocenters. The van der Waals surface area contributed by atoms with E-state index in [1.165, 1.54) is 43.2 Å². The second kappa shape index (κ2) is 7.39. The van der Waals surface area contributed by atoms with Crippen LogP contribution < -0.4 is 5.32 Å². The summed E-state index contributed by atoms with van der Waals surface area (Å²) in [6.45, 7) is 4.35. The quantitative estimate of drug-likeness (QED) is 0.710. The van der Waals surface area contributed by atoms with E-state index in [9.17, 15) is 0 Å². The van der Waals surface area contributed by atoms with Crippen LogP contribution >= 0.6 is 0 Å². The van der Waals surface area contributed by atoms with Gasteiger partial charge in [-0.05, 0) is 31.5 Å². The van der Waals surface area contributed by atoms with Crippen LogP contribution in [-0.4, -0.2) is 12.0 Å². The molecule has 1 aromatic heterocycles. The van der Waals surface area contributed by atoms with E-state index in [1.807, 2.05) is 19.4 Å². The van der Waals surface area contributed by atoms with Gasteiger partial charge in [0.25, 0.3) is 0 Å². The van der Waals surface area contributed by atoms with Crippen molar-refractivity contribution in [2.75, 3.05) is 7.05 Å². The lowest BCUT2D eigenvalue weighted by Gasteiger charge is -2.16. The fraction of sp³-hybridized carbons (Fsp3) is 0.643. The van der Waals surface area contributed by atoms with Crippen molar-refractivity contribution in [1.29, 1.82) is 0 Å². The lowest BCUT2D eigenvalue weighted by molar-refractivity contribution is 0.504. The van der Waals surface area contributed by atoms with E-state index in [-0.39, 0.29) is 0 Å². The van der Waals surface area contributed by atoms with Gasteiger partial charge in [0, 0.05) is 18.4 Å². The molecular weight excluding hydrogens is 196 g/mol. The molecule has 0 aliphatic carbocycles. The Bertz CT molecular complexity index is 297. The van der Waals surface area contributed by atoms with Gasteiger partial charge in [-0.2, -0.15) is 0 Å². The SMILES string of the molecule is CCCCCCC(NC)c1cncc(C)c1. The van der Waals surface area contributed by atoms with Crippen molar-refractivity contribution in [2.24, 2.45) is 0 Å². The molecule has 2 nitrogen and oxygen atoms in total. The third-order valence-corrected chi connectivity index (χ3v) is 2.99. The third-order valence-electron chi connectivity index (χ3n) is 2.99. The number of unbranched alkanes of at least 4 members (excludes halogenated alkanes) is 3. The molecule has 0 spiro atoms. The highest BCUT2D eigenvalue weighted by atomic mass is 14.9. The third kappa shape index (κ3) is 4.31. The molecule has 0 radical (unpaired) electrons. The second-order valence-corrected chi connectivity index (χ2v) is 4.49. The molecule has 1 aromatic rings. The molecular formula is C14H24N2. The lowest BCUT2D eigenvalue weighted by Crippen LogP contribution is -2.16. The summed E-state index contributed by atoms with van der Waals surface area (Å²) >= 11 is 0. The van der Waals surface area contributed by atoms with Crippen LogP contribution in [0.4, 0.5) is 0 Å². The molecule has 0 amide bonds. The highest BCUT2D eigenvalue weighted by molar-refractivity contribution is 5.19. The van der Waals surface area contributed by atoms with Crippen LogP contribution in [0.25, 0.3) is 0 Å². The number of hydrogen-bond donors (Lipinski definition) is 1. The molecule has 1 atom stereocenters. The van der Waals surface area contributed by atoms with E-state index in [1.54, 1.807) is 0 Å². The van der Waals surface area contributed by atoms with Gasteiger partial charge in [0.2, 0.25) is 0 Å². The van der Waals surface area contributed by atoms with Gasteiger partial charge < -0.3 is 5.32 Å². The minimum Gasteiger partial charge on any atom is -0.313 e. The fourth-order valence-electron chi connectivity index (χ4n) is 2.02. The Balaban J connectivity index is 2.47. The van der Waals surface area contributed by atoms with Gasteiger partial charge in [0.1, 0.15) is 0 Å². The first-order valence-corrected chi connectivity index (χ1v) is 6.36. The summed E-state index contributed by atoms with van der Waals surface area (Å²) in [6.07, 6.45) is 10.4. The Morgan fingerprint density at radius 3 is 2.69 bits per heavy atom. The first-order valence-electron chi connectivity index (χ1n) is 6.36. The Labute approximate surface area is 99.5 Å². The molecule has 16 heavy (non-hydrogen) atoms. The number of nitrogens with one attached hydrogen (secondary N) is 1. The Hall–Kier alpha value is -0.890. The fourth-order valence-corrected chi connectivity index (χ4v) is 2.02. The number of aromatic nitrogens is 1. The summed E-state index contributed by atoms with van der Waals surface area (Å²) in [4.78, 5) is 4.26. The van der Waals surface area contributed by atoms with Gasteiger partial charge in [-0.1, -0.05) is 38.7 Å². The van der Waals surface area contributed by atoms with Crippen LogP contribution in [0, 0.1) is 6.92 Å². The van der Waals surface area contributed by atoms with Gasteiger partial charge in [-0.25, -0.2) is 0 Å². The van der Waals surface area contributed by atoms with Gasteiger partial charge in [-0.3, -0.25) is 4.98 Å². The van der Waals surface area contributed by atoms with E-state index in [2.05, 4.69) is 30.2 Å². The van der Waals surface area contributed by atoms with Crippen molar-refractivity contribution in [1.82, 2.24) is 10.3 Å². The van der Waals surface area contributed by atoms with Crippen LogP contribution in [0.1, 0.15) is 56.2 Å². The van der Waals surface area contributed by atoms with Crippen LogP contribution in [-0.2, 0) is 0 Å².